The summed E-state index contributed by atoms with van der Waals surface area (Å²) < 4.78 is 0. The molecule has 0 aromatic rings. The molecule has 1 fully saturated rings. The van der Waals surface area contributed by atoms with Gasteiger partial charge in [0.1, 0.15) is 0 Å². The molecule has 0 spiro atoms. The van der Waals surface area contributed by atoms with Crippen LogP contribution >= 0.6 is 11.8 Å². The van der Waals surface area contributed by atoms with Crippen LogP contribution in [0.1, 0.15) is 0 Å². The Morgan fingerprint density at radius 1 is 1.71 bits per heavy atom. The summed E-state index contributed by atoms with van der Waals surface area (Å²) >= 11 is 1.35. The van der Waals surface area contributed by atoms with E-state index in [2.05, 4.69) is 5.32 Å². The van der Waals surface area contributed by atoms with Crippen molar-refractivity contribution < 1.29 is 4.79 Å². The Balaban J connectivity index is 0.000000360. The molecule has 0 unspecified atom stereocenters. The van der Waals surface area contributed by atoms with Gasteiger partial charge >= 0.3 is 27.3 Å². The molecule has 2 nitrogen and oxygen atoms in total. The summed E-state index contributed by atoms with van der Waals surface area (Å²) in [4.78, 5) is 10.1. The topological polar surface area (TPSA) is 29.1 Å². The second-order valence-electron chi connectivity index (χ2n) is 1.06. The van der Waals surface area contributed by atoms with Crippen molar-refractivity contribution in [2.24, 2.45) is 0 Å². The Hall–Kier alpha value is 0.742. The zero-order valence-electron chi connectivity index (χ0n) is 3.94. The molecule has 1 rings (SSSR count). The van der Waals surface area contributed by atoms with Crippen molar-refractivity contribution in [1.29, 1.82) is 0 Å². The molecule has 4 heteroatoms. The predicted octanol–water partition coefficient (Wildman–Crippen LogP) is -0.473. The van der Waals surface area contributed by atoms with E-state index in [-0.39, 0.29) is 32.5 Å². The van der Waals surface area contributed by atoms with Gasteiger partial charge in [0.15, 0.2) is 0 Å². The van der Waals surface area contributed by atoms with E-state index in [4.69, 9.17) is 0 Å². The number of rotatable bonds is 0. The third-order valence-corrected chi connectivity index (χ3v) is 1.42. The predicted molar refractivity (Wildman–Crippen MR) is 34.4 cm³/mol. The van der Waals surface area contributed by atoms with E-state index in [1.807, 2.05) is 0 Å². The first-order valence-corrected chi connectivity index (χ1v) is 2.79. The molecule has 1 amide bonds. The van der Waals surface area contributed by atoms with Gasteiger partial charge in [-0.05, 0) is 0 Å². The molecule has 0 aromatic heterocycles. The van der Waals surface area contributed by atoms with Crippen molar-refractivity contribution in [2.75, 3.05) is 12.3 Å². The number of thioether (sulfide) groups is 1. The second kappa shape index (κ2) is 3.71. The Morgan fingerprint density at radius 2 is 2.43 bits per heavy atom. The van der Waals surface area contributed by atoms with Gasteiger partial charge in [-0.3, -0.25) is 4.79 Å². The van der Waals surface area contributed by atoms with E-state index in [0.29, 0.717) is 0 Å². The SMILES string of the molecule is O=C1NCCS1.[PbH2]. The Bertz CT molecular complexity index is 69.3. The first-order chi connectivity index (χ1) is 2.89. The van der Waals surface area contributed by atoms with Gasteiger partial charge in [0, 0.05) is 12.3 Å². The summed E-state index contributed by atoms with van der Waals surface area (Å²) in [5, 5.41) is 2.76. The molecule has 0 aliphatic carbocycles. The van der Waals surface area contributed by atoms with Crippen LogP contribution in [0, 0.1) is 0 Å². The van der Waals surface area contributed by atoms with Crippen LogP contribution in [-0.2, 0) is 0 Å². The molecule has 1 saturated heterocycles. The molecule has 0 aromatic carbocycles. The third kappa shape index (κ3) is 2.53. The zero-order chi connectivity index (χ0) is 4.41. The number of hydrogen-bond acceptors (Lipinski definition) is 2. The molecule has 1 aliphatic heterocycles. The van der Waals surface area contributed by atoms with Crippen LogP contribution in [0.4, 0.5) is 4.79 Å². The summed E-state index contributed by atoms with van der Waals surface area (Å²) in [7, 11) is 0. The molecule has 1 heterocycles. The van der Waals surface area contributed by atoms with Gasteiger partial charge in [-0.1, -0.05) is 11.8 Å². The van der Waals surface area contributed by atoms with E-state index in [1.165, 1.54) is 11.8 Å². The van der Waals surface area contributed by atoms with E-state index in [0.717, 1.165) is 12.3 Å². The van der Waals surface area contributed by atoms with Gasteiger partial charge in [0.05, 0.1) is 0 Å². The molecular formula is C3H7NOPbS. The molecular weight excluding hydrogens is 305 g/mol. The number of carbonyl (C=O) groups excluding carboxylic acids is 1. The molecule has 7 heavy (non-hydrogen) atoms. The average Bonchev–Trinajstić information content (AvgIpc) is 1.86. The molecule has 2 radical (unpaired) electrons. The van der Waals surface area contributed by atoms with E-state index >= 15 is 0 Å². The van der Waals surface area contributed by atoms with Crippen LogP contribution in [-0.4, -0.2) is 44.8 Å². The zero-order valence-corrected chi connectivity index (χ0v) is 10.3. The van der Waals surface area contributed by atoms with Crippen molar-refractivity contribution in [1.82, 2.24) is 5.32 Å². The van der Waals surface area contributed by atoms with Crippen LogP contribution in [0.5, 0.6) is 0 Å². The molecule has 0 bridgehead atoms. The average molecular weight is 312 g/mol. The Kier molecular flexibility index (Phi) is 4.10. The van der Waals surface area contributed by atoms with Gasteiger partial charge in [-0.15, -0.1) is 0 Å². The number of nitrogens with one attached hydrogen (secondary N) is 1. The minimum atomic E-state index is 0. The Labute approximate surface area is 66.6 Å². The fourth-order valence-electron chi connectivity index (χ4n) is 0.348. The fraction of sp³-hybridized carbons (Fsp3) is 0.667. The van der Waals surface area contributed by atoms with Crippen molar-refractivity contribution in [2.45, 2.75) is 0 Å². The summed E-state index contributed by atoms with van der Waals surface area (Å²) in [5.74, 6) is 0.943. The normalized spacial score (nSPS) is 18.0. The second-order valence-corrected chi connectivity index (χ2v) is 2.13. The summed E-state index contributed by atoms with van der Waals surface area (Å²) in [6.45, 7) is 0.851. The standard InChI is InChI=1S/C3H5NOS.Pb.2H/c5-3-4-1-2-6-3;;;/h1-2H2,(H,4,5);;;. The van der Waals surface area contributed by atoms with Crippen LogP contribution < -0.4 is 5.32 Å². The maximum absolute atomic E-state index is 10.1. The van der Waals surface area contributed by atoms with Crippen molar-refractivity contribution in [3.8, 4) is 0 Å². The molecule has 40 valence electrons. The van der Waals surface area contributed by atoms with Crippen LogP contribution in [0.2, 0.25) is 0 Å². The molecule has 0 saturated carbocycles. The van der Waals surface area contributed by atoms with Crippen molar-refractivity contribution >= 4 is 44.3 Å². The van der Waals surface area contributed by atoms with Gasteiger partial charge in [-0.25, -0.2) is 0 Å². The Morgan fingerprint density at radius 3 is 2.57 bits per heavy atom. The maximum atomic E-state index is 10.1. The molecule has 0 atom stereocenters. The molecule has 1 N–H and O–H groups in total. The first kappa shape index (κ1) is 7.74. The number of amides is 1. The quantitative estimate of drug-likeness (QED) is 0.613. The summed E-state index contributed by atoms with van der Waals surface area (Å²) in [5.41, 5.74) is 0. The van der Waals surface area contributed by atoms with Crippen molar-refractivity contribution in [3.63, 3.8) is 0 Å². The van der Waals surface area contributed by atoms with E-state index < -0.39 is 0 Å². The first-order valence-electron chi connectivity index (χ1n) is 1.80. The van der Waals surface area contributed by atoms with Crippen LogP contribution in [0.15, 0.2) is 0 Å². The summed E-state index contributed by atoms with van der Waals surface area (Å²) in [6, 6.07) is 0. The third-order valence-electron chi connectivity index (χ3n) is 0.605. The monoisotopic (exact) mass is 313 g/mol. The van der Waals surface area contributed by atoms with E-state index in [9.17, 15) is 4.79 Å². The summed E-state index contributed by atoms with van der Waals surface area (Å²) in [6.07, 6.45) is 0. The van der Waals surface area contributed by atoms with Crippen LogP contribution in [0.3, 0.4) is 0 Å². The van der Waals surface area contributed by atoms with Crippen LogP contribution in [0.25, 0.3) is 0 Å². The number of hydrogen-bond donors (Lipinski definition) is 1. The fourth-order valence-corrected chi connectivity index (χ4v) is 0.941. The van der Waals surface area contributed by atoms with Gasteiger partial charge in [0.2, 0.25) is 0 Å². The van der Waals surface area contributed by atoms with Gasteiger partial charge in [-0.2, -0.15) is 0 Å². The minimum absolute atomic E-state index is 0. The van der Waals surface area contributed by atoms with Gasteiger partial charge < -0.3 is 5.32 Å². The van der Waals surface area contributed by atoms with Gasteiger partial charge in [0.25, 0.3) is 5.24 Å². The van der Waals surface area contributed by atoms with Crippen molar-refractivity contribution in [3.05, 3.63) is 0 Å². The number of carbonyl (C=O) groups is 1. The van der Waals surface area contributed by atoms with E-state index in [1.54, 1.807) is 0 Å². The molecule has 1 aliphatic rings.